The Morgan fingerprint density at radius 2 is 1.91 bits per heavy atom. The third-order valence-electron chi connectivity index (χ3n) is 8.30. The SMILES string of the molecule is CCC1=CC[C@H]2[C@@H]3CC=C4C[C@@H](O)CC(O)[C@]4(C)[C@H]3CC[C@]12C. The lowest BCUT2D eigenvalue weighted by Gasteiger charge is -2.59. The van der Waals surface area contributed by atoms with Crippen LogP contribution in [0.1, 0.15) is 65.7 Å². The summed E-state index contributed by atoms with van der Waals surface area (Å²) in [7, 11) is 0. The van der Waals surface area contributed by atoms with E-state index in [0.29, 0.717) is 23.7 Å². The van der Waals surface area contributed by atoms with Crippen molar-refractivity contribution in [1.82, 2.24) is 0 Å². The normalized spacial score (nSPS) is 52.1. The fourth-order valence-corrected chi connectivity index (χ4v) is 6.91. The van der Waals surface area contributed by atoms with Crippen molar-refractivity contribution in [2.45, 2.75) is 77.9 Å². The van der Waals surface area contributed by atoms with E-state index in [1.54, 1.807) is 5.57 Å². The summed E-state index contributed by atoms with van der Waals surface area (Å²) >= 11 is 0. The van der Waals surface area contributed by atoms with E-state index in [1.165, 1.54) is 31.3 Å². The van der Waals surface area contributed by atoms with Crippen LogP contribution in [0.4, 0.5) is 0 Å². The van der Waals surface area contributed by atoms with Crippen molar-refractivity contribution in [3.63, 3.8) is 0 Å². The van der Waals surface area contributed by atoms with E-state index in [-0.39, 0.29) is 17.6 Å². The maximum absolute atomic E-state index is 10.9. The van der Waals surface area contributed by atoms with Crippen molar-refractivity contribution in [2.75, 3.05) is 0 Å². The molecular formula is C21H32O2. The third kappa shape index (κ3) is 2.00. The van der Waals surface area contributed by atoms with E-state index >= 15 is 0 Å². The van der Waals surface area contributed by atoms with Gasteiger partial charge in [0, 0.05) is 11.8 Å². The van der Waals surface area contributed by atoms with Crippen LogP contribution in [0.3, 0.4) is 0 Å². The van der Waals surface area contributed by atoms with Crippen molar-refractivity contribution in [2.24, 2.45) is 28.6 Å². The predicted molar refractivity (Wildman–Crippen MR) is 92.9 cm³/mol. The molecule has 0 aromatic carbocycles. The van der Waals surface area contributed by atoms with Gasteiger partial charge in [0.05, 0.1) is 12.2 Å². The Morgan fingerprint density at radius 3 is 2.65 bits per heavy atom. The van der Waals surface area contributed by atoms with Crippen LogP contribution in [-0.2, 0) is 0 Å². The summed E-state index contributed by atoms with van der Waals surface area (Å²) < 4.78 is 0. The molecule has 2 heteroatoms. The van der Waals surface area contributed by atoms with Gasteiger partial charge >= 0.3 is 0 Å². The van der Waals surface area contributed by atoms with E-state index in [2.05, 4.69) is 32.9 Å². The van der Waals surface area contributed by atoms with Crippen LogP contribution in [0.5, 0.6) is 0 Å². The number of aliphatic hydroxyl groups is 2. The molecule has 2 saturated carbocycles. The van der Waals surface area contributed by atoms with E-state index in [0.717, 1.165) is 18.8 Å². The minimum atomic E-state index is -0.380. The summed E-state index contributed by atoms with van der Waals surface area (Å²) in [6.07, 6.45) is 11.6. The van der Waals surface area contributed by atoms with E-state index < -0.39 is 0 Å². The molecule has 0 aliphatic heterocycles. The van der Waals surface area contributed by atoms with Crippen molar-refractivity contribution < 1.29 is 10.2 Å². The Morgan fingerprint density at radius 1 is 1.13 bits per heavy atom. The first-order valence-electron chi connectivity index (χ1n) is 9.66. The van der Waals surface area contributed by atoms with Gasteiger partial charge in [-0.1, -0.05) is 44.1 Å². The molecule has 0 aromatic heterocycles. The lowest BCUT2D eigenvalue weighted by molar-refractivity contribution is -0.0966. The fourth-order valence-electron chi connectivity index (χ4n) is 6.91. The van der Waals surface area contributed by atoms with Gasteiger partial charge in [-0.2, -0.15) is 0 Å². The molecule has 2 nitrogen and oxygen atoms in total. The second-order valence-electron chi connectivity index (χ2n) is 9.01. The second kappa shape index (κ2) is 5.20. The molecular weight excluding hydrogens is 284 g/mol. The van der Waals surface area contributed by atoms with Crippen LogP contribution in [0, 0.1) is 28.6 Å². The molecule has 7 atom stereocenters. The maximum Gasteiger partial charge on any atom is 0.0658 e. The van der Waals surface area contributed by atoms with Crippen LogP contribution < -0.4 is 0 Å². The van der Waals surface area contributed by atoms with Gasteiger partial charge in [-0.25, -0.2) is 0 Å². The van der Waals surface area contributed by atoms with Crippen LogP contribution in [0.2, 0.25) is 0 Å². The van der Waals surface area contributed by atoms with Gasteiger partial charge in [0.25, 0.3) is 0 Å². The topological polar surface area (TPSA) is 40.5 Å². The Kier molecular flexibility index (Phi) is 3.59. The number of hydrogen-bond acceptors (Lipinski definition) is 2. The maximum atomic E-state index is 10.9. The van der Waals surface area contributed by atoms with Crippen molar-refractivity contribution in [3.8, 4) is 0 Å². The number of rotatable bonds is 1. The molecule has 2 fully saturated rings. The Hall–Kier alpha value is -0.600. The quantitative estimate of drug-likeness (QED) is 0.711. The molecule has 0 aromatic rings. The largest absolute Gasteiger partial charge is 0.393 e. The molecule has 4 aliphatic rings. The first-order valence-corrected chi connectivity index (χ1v) is 9.66. The predicted octanol–water partition coefficient (Wildman–Crippen LogP) is 4.23. The first-order chi connectivity index (χ1) is 10.9. The minimum absolute atomic E-state index is 0.0988. The zero-order valence-corrected chi connectivity index (χ0v) is 14.9. The molecule has 0 bridgehead atoms. The summed E-state index contributed by atoms with van der Waals surface area (Å²) in [5.41, 5.74) is 3.32. The summed E-state index contributed by atoms with van der Waals surface area (Å²) in [5, 5.41) is 20.9. The highest BCUT2D eigenvalue weighted by atomic mass is 16.3. The lowest BCUT2D eigenvalue weighted by atomic mass is 9.46. The monoisotopic (exact) mass is 316 g/mol. The van der Waals surface area contributed by atoms with Crippen molar-refractivity contribution in [3.05, 3.63) is 23.3 Å². The molecule has 0 radical (unpaired) electrons. The van der Waals surface area contributed by atoms with E-state index in [4.69, 9.17) is 0 Å². The summed E-state index contributed by atoms with van der Waals surface area (Å²) in [6.45, 7) is 7.09. The molecule has 4 aliphatic carbocycles. The number of hydrogen-bond donors (Lipinski definition) is 2. The van der Waals surface area contributed by atoms with Gasteiger partial charge in [0.2, 0.25) is 0 Å². The first kappa shape index (κ1) is 15.9. The van der Waals surface area contributed by atoms with Crippen molar-refractivity contribution >= 4 is 0 Å². The van der Waals surface area contributed by atoms with Gasteiger partial charge in [-0.15, -0.1) is 0 Å². The Balaban J connectivity index is 1.69. The number of fused-ring (bicyclic) bond motifs is 5. The molecule has 2 N–H and O–H groups in total. The highest BCUT2D eigenvalue weighted by Gasteiger charge is 2.58. The smallest absolute Gasteiger partial charge is 0.0658 e. The summed E-state index contributed by atoms with van der Waals surface area (Å²) in [4.78, 5) is 0. The average molecular weight is 316 g/mol. The van der Waals surface area contributed by atoms with Gasteiger partial charge in [0.15, 0.2) is 0 Å². The zero-order valence-electron chi connectivity index (χ0n) is 14.9. The molecule has 0 heterocycles. The molecule has 0 spiro atoms. The molecule has 4 rings (SSSR count). The molecule has 128 valence electrons. The molecule has 23 heavy (non-hydrogen) atoms. The van der Waals surface area contributed by atoms with Crippen LogP contribution in [0.15, 0.2) is 23.3 Å². The van der Waals surface area contributed by atoms with Crippen LogP contribution in [0.25, 0.3) is 0 Å². The van der Waals surface area contributed by atoms with Gasteiger partial charge in [-0.05, 0) is 61.7 Å². The molecule has 1 unspecified atom stereocenters. The van der Waals surface area contributed by atoms with Gasteiger partial charge in [-0.3, -0.25) is 0 Å². The summed E-state index contributed by atoms with van der Waals surface area (Å²) in [5.74, 6) is 2.05. The lowest BCUT2D eigenvalue weighted by Crippen LogP contribution is -2.55. The highest BCUT2D eigenvalue weighted by molar-refractivity contribution is 5.31. The Labute approximate surface area is 140 Å². The third-order valence-corrected chi connectivity index (χ3v) is 8.30. The highest BCUT2D eigenvalue weighted by Crippen LogP contribution is 2.65. The summed E-state index contributed by atoms with van der Waals surface area (Å²) in [6, 6.07) is 0. The minimum Gasteiger partial charge on any atom is -0.393 e. The van der Waals surface area contributed by atoms with E-state index in [9.17, 15) is 10.2 Å². The van der Waals surface area contributed by atoms with Gasteiger partial charge in [0.1, 0.15) is 0 Å². The van der Waals surface area contributed by atoms with Gasteiger partial charge < -0.3 is 10.2 Å². The number of allylic oxidation sites excluding steroid dienone is 3. The fraction of sp³-hybridized carbons (Fsp3) is 0.810. The molecule has 0 saturated heterocycles. The second-order valence-corrected chi connectivity index (χ2v) is 9.01. The van der Waals surface area contributed by atoms with Crippen LogP contribution >= 0.6 is 0 Å². The standard InChI is InChI=1S/C21H32O2/c1-4-13-6-8-17-16-7-5-14-11-15(22)12-19(23)21(14,3)18(16)9-10-20(13,17)2/h5-6,15-19,22-23H,4,7-12H2,1-3H3/t15-,16+,17+,18+,19?,20-,21+/m1/s1. The van der Waals surface area contributed by atoms with E-state index in [1.807, 2.05) is 0 Å². The average Bonchev–Trinajstić information content (AvgIpc) is 2.85. The number of aliphatic hydroxyl groups excluding tert-OH is 2. The van der Waals surface area contributed by atoms with Crippen molar-refractivity contribution in [1.29, 1.82) is 0 Å². The zero-order chi connectivity index (χ0) is 16.4. The Bertz CT molecular complexity index is 562. The van der Waals surface area contributed by atoms with Crippen LogP contribution in [-0.4, -0.2) is 22.4 Å². The molecule has 0 amide bonds.